The minimum Gasteiger partial charge on any atom is -0.493 e. The van der Waals surface area contributed by atoms with Crippen molar-refractivity contribution >= 4 is 80.8 Å². The van der Waals surface area contributed by atoms with Gasteiger partial charge in [0.25, 0.3) is 5.56 Å². The quantitative estimate of drug-likeness (QED) is 0.170. The Hall–Kier alpha value is -2.01. The van der Waals surface area contributed by atoms with Gasteiger partial charge in [-0.25, -0.2) is 4.98 Å². The zero-order valence-corrected chi connectivity index (χ0v) is 26.6. The second-order valence-electron chi connectivity index (χ2n) is 8.35. The molecule has 0 saturated heterocycles. The molecule has 6 nitrogen and oxygen atoms in total. The van der Waals surface area contributed by atoms with Crippen LogP contribution in [0.25, 0.3) is 10.9 Å². The SMILES string of the molecule is CC[C@@H](C)c1nc2ccc(Br)cc2c(=O)n1N=Cc1cc(OC)c(OCc2ccc(Br)cc2Br)cc1Br. The number of aromatic nitrogens is 2. The number of hydrogen-bond donors (Lipinski definition) is 0. The molecule has 3 aromatic carbocycles. The third kappa shape index (κ3) is 6.35. The van der Waals surface area contributed by atoms with Crippen molar-refractivity contribution in [2.75, 3.05) is 7.11 Å². The van der Waals surface area contributed by atoms with E-state index in [0.29, 0.717) is 34.8 Å². The van der Waals surface area contributed by atoms with Crippen molar-refractivity contribution in [1.82, 2.24) is 9.66 Å². The molecule has 0 aliphatic carbocycles. The van der Waals surface area contributed by atoms with Crippen LogP contribution in [0.15, 0.2) is 76.3 Å². The average molecular weight is 757 g/mol. The Bertz CT molecular complexity index is 1550. The topological polar surface area (TPSA) is 65.7 Å². The van der Waals surface area contributed by atoms with Gasteiger partial charge < -0.3 is 9.47 Å². The fourth-order valence-electron chi connectivity index (χ4n) is 3.62. The van der Waals surface area contributed by atoms with Gasteiger partial charge in [-0.05, 0) is 64.8 Å². The normalized spacial score (nSPS) is 12.3. The predicted octanol–water partition coefficient (Wildman–Crippen LogP) is 8.43. The predicted molar refractivity (Wildman–Crippen MR) is 162 cm³/mol. The number of rotatable bonds is 8. The van der Waals surface area contributed by atoms with Gasteiger partial charge in [0, 0.05) is 34.9 Å². The van der Waals surface area contributed by atoms with Gasteiger partial charge in [-0.3, -0.25) is 4.79 Å². The van der Waals surface area contributed by atoms with E-state index in [2.05, 4.69) is 75.7 Å². The Labute approximate surface area is 248 Å². The molecule has 0 spiro atoms. The highest BCUT2D eigenvalue weighted by atomic mass is 79.9. The molecule has 0 fully saturated rings. The smallest absolute Gasteiger partial charge is 0.282 e. The van der Waals surface area contributed by atoms with Crippen LogP contribution in [0.5, 0.6) is 11.5 Å². The first-order chi connectivity index (χ1) is 17.7. The number of ether oxygens (including phenoxy) is 2. The van der Waals surface area contributed by atoms with Gasteiger partial charge in [0.15, 0.2) is 11.5 Å². The molecule has 0 saturated carbocycles. The minimum absolute atomic E-state index is 0.0459. The van der Waals surface area contributed by atoms with Crippen LogP contribution in [0.4, 0.5) is 0 Å². The van der Waals surface area contributed by atoms with E-state index in [4.69, 9.17) is 14.5 Å². The summed E-state index contributed by atoms with van der Waals surface area (Å²) in [5, 5.41) is 5.07. The lowest BCUT2D eigenvalue weighted by Crippen LogP contribution is -2.23. The Morgan fingerprint density at radius 1 is 1.00 bits per heavy atom. The van der Waals surface area contributed by atoms with Gasteiger partial charge in [-0.15, -0.1) is 0 Å². The number of fused-ring (bicyclic) bond motifs is 1. The molecule has 1 heterocycles. The van der Waals surface area contributed by atoms with Crippen LogP contribution in [0.1, 0.15) is 43.1 Å². The van der Waals surface area contributed by atoms with E-state index in [1.165, 1.54) is 4.68 Å². The van der Waals surface area contributed by atoms with Crippen molar-refractivity contribution < 1.29 is 9.47 Å². The number of nitrogens with zero attached hydrogens (tertiary/aromatic N) is 3. The zero-order chi connectivity index (χ0) is 26.7. The molecule has 0 bridgehead atoms. The minimum atomic E-state index is -0.221. The first-order valence-electron chi connectivity index (χ1n) is 11.4. The lowest BCUT2D eigenvalue weighted by Gasteiger charge is -2.15. The molecule has 0 radical (unpaired) electrons. The van der Waals surface area contributed by atoms with Crippen LogP contribution in [-0.4, -0.2) is 23.0 Å². The number of hydrogen-bond acceptors (Lipinski definition) is 5. The summed E-state index contributed by atoms with van der Waals surface area (Å²) in [7, 11) is 1.59. The first kappa shape index (κ1) is 28.0. The van der Waals surface area contributed by atoms with Crippen LogP contribution in [-0.2, 0) is 6.61 Å². The van der Waals surface area contributed by atoms with E-state index in [1.807, 2.05) is 49.4 Å². The molecule has 0 unspecified atom stereocenters. The van der Waals surface area contributed by atoms with Gasteiger partial charge in [-0.1, -0.05) is 67.7 Å². The molecule has 4 rings (SSSR count). The largest absolute Gasteiger partial charge is 0.493 e. The summed E-state index contributed by atoms with van der Waals surface area (Å²) in [5.74, 6) is 1.79. The highest BCUT2D eigenvalue weighted by Gasteiger charge is 2.16. The maximum atomic E-state index is 13.4. The second-order valence-corrected chi connectivity index (χ2v) is 11.9. The molecule has 1 atom stereocenters. The summed E-state index contributed by atoms with van der Waals surface area (Å²) in [6.45, 7) is 4.45. The fourth-order valence-corrected chi connectivity index (χ4v) is 5.56. The van der Waals surface area contributed by atoms with Gasteiger partial charge in [0.05, 0.1) is 24.2 Å². The summed E-state index contributed by atoms with van der Waals surface area (Å²) < 4.78 is 16.5. The third-order valence-electron chi connectivity index (χ3n) is 5.88. The van der Waals surface area contributed by atoms with Gasteiger partial charge in [0.1, 0.15) is 12.4 Å². The van der Waals surface area contributed by atoms with Gasteiger partial charge in [0.2, 0.25) is 0 Å². The van der Waals surface area contributed by atoms with Crippen molar-refractivity contribution in [2.24, 2.45) is 5.10 Å². The van der Waals surface area contributed by atoms with Crippen molar-refractivity contribution in [3.05, 3.63) is 93.7 Å². The Balaban J connectivity index is 1.70. The van der Waals surface area contributed by atoms with Crippen LogP contribution in [0, 0.1) is 0 Å². The summed E-state index contributed by atoms with van der Waals surface area (Å²) in [6.07, 6.45) is 2.45. The molecule has 1 aromatic heterocycles. The molecule has 4 aromatic rings. The highest BCUT2D eigenvalue weighted by Crippen LogP contribution is 2.34. The first-order valence-corrected chi connectivity index (χ1v) is 14.6. The van der Waals surface area contributed by atoms with E-state index in [-0.39, 0.29) is 11.5 Å². The van der Waals surface area contributed by atoms with Crippen molar-refractivity contribution in [3.63, 3.8) is 0 Å². The molecule has 0 amide bonds. The lowest BCUT2D eigenvalue weighted by atomic mass is 10.1. The van der Waals surface area contributed by atoms with E-state index >= 15 is 0 Å². The van der Waals surface area contributed by atoms with Gasteiger partial charge >= 0.3 is 0 Å². The van der Waals surface area contributed by atoms with Crippen molar-refractivity contribution in [1.29, 1.82) is 0 Å². The third-order valence-corrected chi connectivity index (χ3v) is 8.29. The summed E-state index contributed by atoms with van der Waals surface area (Å²) in [4.78, 5) is 18.2. The summed E-state index contributed by atoms with van der Waals surface area (Å²) in [5.41, 5.74) is 2.16. The standard InChI is InChI=1S/C27H23Br4N3O3/c1-4-15(2)26-33-23-8-7-18(28)10-20(23)27(35)34(26)32-13-17-9-24(36-3)25(12-22(17)31)37-14-16-5-6-19(29)11-21(16)30/h5-13,15H,4,14H2,1-3H3/t15-/m1/s1. The Morgan fingerprint density at radius 3 is 2.43 bits per heavy atom. The summed E-state index contributed by atoms with van der Waals surface area (Å²) in [6, 6.07) is 15.1. The zero-order valence-electron chi connectivity index (χ0n) is 20.3. The van der Waals surface area contributed by atoms with Crippen LogP contribution >= 0.6 is 63.7 Å². The molecule has 10 heteroatoms. The number of benzene rings is 3. The van der Waals surface area contributed by atoms with E-state index in [9.17, 15) is 4.79 Å². The number of methoxy groups -OCH3 is 1. The van der Waals surface area contributed by atoms with Crippen LogP contribution in [0.2, 0.25) is 0 Å². The molecule has 0 N–H and O–H groups in total. The van der Waals surface area contributed by atoms with Crippen LogP contribution < -0.4 is 15.0 Å². The Morgan fingerprint density at radius 2 is 1.73 bits per heavy atom. The average Bonchev–Trinajstić information content (AvgIpc) is 2.88. The molecule has 0 aliphatic rings. The van der Waals surface area contributed by atoms with E-state index < -0.39 is 0 Å². The Kier molecular flexibility index (Phi) is 9.26. The molecular weight excluding hydrogens is 734 g/mol. The van der Waals surface area contributed by atoms with Crippen LogP contribution in [0.3, 0.4) is 0 Å². The maximum absolute atomic E-state index is 13.4. The van der Waals surface area contributed by atoms with Gasteiger partial charge in [-0.2, -0.15) is 9.78 Å². The second kappa shape index (κ2) is 12.2. The van der Waals surface area contributed by atoms with E-state index in [1.54, 1.807) is 19.4 Å². The maximum Gasteiger partial charge on any atom is 0.282 e. The highest BCUT2D eigenvalue weighted by molar-refractivity contribution is 9.11. The summed E-state index contributed by atoms with van der Waals surface area (Å²) >= 11 is 14.1. The monoisotopic (exact) mass is 753 g/mol. The molecule has 0 aliphatic heterocycles. The van der Waals surface area contributed by atoms with Crippen molar-refractivity contribution in [2.45, 2.75) is 32.8 Å². The fraction of sp³-hybridized carbons (Fsp3) is 0.222. The lowest BCUT2D eigenvalue weighted by molar-refractivity contribution is 0.283. The van der Waals surface area contributed by atoms with E-state index in [0.717, 1.165) is 35.4 Å². The molecule has 192 valence electrons. The van der Waals surface area contributed by atoms with Crippen molar-refractivity contribution in [3.8, 4) is 11.5 Å². The number of halogens is 4. The molecular formula is C27H23Br4N3O3. The molecule has 37 heavy (non-hydrogen) atoms.